The molecule has 0 atom stereocenters. The van der Waals surface area contributed by atoms with Crippen LogP contribution < -0.4 is 0 Å². The number of nitro groups is 1. The molecule has 7 heteroatoms. The lowest BCUT2D eigenvalue weighted by Gasteiger charge is -1.97. The topological polar surface area (TPSA) is 82.3 Å². The van der Waals surface area contributed by atoms with Crippen molar-refractivity contribution in [3.8, 4) is 0 Å². The van der Waals surface area contributed by atoms with Gasteiger partial charge in [0, 0.05) is 18.3 Å². The van der Waals surface area contributed by atoms with Crippen molar-refractivity contribution in [2.75, 3.05) is 7.11 Å². The molecule has 0 aliphatic heterocycles. The van der Waals surface area contributed by atoms with Crippen molar-refractivity contribution in [2.24, 2.45) is 0 Å². The van der Waals surface area contributed by atoms with Crippen LogP contribution in [0.25, 0.3) is 6.08 Å². The van der Waals surface area contributed by atoms with Gasteiger partial charge in [0.25, 0.3) is 5.69 Å². The fourth-order valence-electron chi connectivity index (χ4n) is 0.929. The largest absolute Gasteiger partial charge is 0.466 e. The normalized spacial score (nSPS) is 10.4. The van der Waals surface area contributed by atoms with Crippen LogP contribution in [0.4, 0.5) is 5.69 Å². The third kappa shape index (κ3) is 3.03. The summed E-state index contributed by atoms with van der Waals surface area (Å²) in [6.45, 7) is 0. The lowest BCUT2D eigenvalue weighted by Crippen LogP contribution is -1.96. The van der Waals surface area contributed by atoms with Crippen LogP contribution in [0.3, 0.4) is 0 Å². The molecule has 0 aliphatic carbocycles. The van der Waals surface area contributed by atoms with Crippen LogP contribution in [0.2, 0.25) is 5.02 Å². The van der Waals surface area contributed by atoms with Gasteiger partial charge in [-0.1, -0.05) is 11.6 Å². The van der Waals surface area contributed by atoms with Gasteiger partial charge in [0.2, 0.25) is 0 Å². The van der Waals surface area contributed by atoms with Crippen molar-refractivity contribution in [3.05, 3.63) is 39.2 Å². The number of carbonyl (C=O) groups is 1. The molecule has 0 saturated heterocycles. The fourth-order valence-corrected chi connectivity index (χ4v) is 1.08. The minimum atomic E-state index is -0.629. The van der Waals surface area contributed by atoms with Gasteiger partial charge in [0.15, 0.2) is 0 Å². The van der Waals surface area contributed by atoms with Crippen molar-refractivity contribution in [1.29, 1.82) is 0 Å². The molecule has 0 aliphatic rings. The van der Waals surface area contributed by atoms with Crippen molar-refractivity contribution in [3.63, 3.8) is 0 Å². The molecule has 0 fully saturated rings. The van der Waals surface area contributed by atoms with Crippen LogP contribution in [0, 0.1) is 10.1 Å². The predicted molar refractivity (Wildman–Crippen MR) is 57.0 cm³/mol. The summed E-state index contributed by atoms with van der Waals surface area (Å²) in [6, 6.07) is 1.16. The highest BCUT2D eigenvalue weighted by Crippen LogP contribution is 2.21. The molecule has 0 aromatic carbocycles. The van der Waals surface area contributed by atoms with Gasteiger partial charge in [-0.3, -0.25) is 10.1 Å². The first kappa shape index (κ1) is 12.1. The van der Waals surface area contributed by atoms with Crippen LogP contribution in [0.15, 0.2) is 18.3 Å². The third-order valence-corrected chi connectivity index (χ3v) is 1.85. The summed E-state index contributed by atoms with van der Waals surface area (Å²) >= 11 is 5.57. The highest BCUT2D eigenvalue weighted by molar-refractivity contribution is 6.30. The number of methoxy groups -OCH3 is 1. The number of hydrogen-bond acceptors (Lipinski definition) is 5. The van der Waals surface area contributed by atoms with Gasteiger partial charge < -0.3 is 4.74 Å². The molecule has 0 amide bonds. The van der Waals surface area contributed by atoms with E-state index in [4.69, 9.17) is 11.6 Å². The number of halogens is 1. The van der Waals surface area contributed by atoms with E-state index in [0.29, 0.717) is 0 Å². The van der Waals surface area contributed by atoms with Crippen molar-refractivity contribution >= 4 is 29.3 Å². The second-order valence-electron chi connectivity index (χ2n) is 2.67. The Hall–Kier alpha value is -1.95. The monoisotopic (exact) mass is 242 g/mol. The van der Waals surface area contributed by atoms with E-state index in [9.17, 15) is 14.9 Å². The van der Waals surface area contributed by atoms with Crippen LogP contribution in [0.5, 0.6) is 0 Å². The van der Waals surface area contributed by atoms with Crippen molar-refractivity contribution < 1.29 is 14.5 Å². The highest BCUT2D eigenvalue weighted by Gasteiger charge is 2.13. The second kappa shape index (κ2) is 5.22. The Balaban J connectivity index is 3.09. The molecule has 0 spiro atoms. The summed E-state index contributed by atoms with van der Waals surface area (Å²) in [6.07, 6.45) is 3.50. The van der Waals surface area contributed by atoms with Crippen LogP contribution in [-0.4, -0.2) is 23.0 Å². The molecular weight excluding hydrogens is 236 g/mol. The standard InChI is InChI=1S/C9H7ClN2O4/c1-16-9(13)3-2-7-8(12(14)15)4-6(10)5-11-7/h2-5H,1H3. The average Bonchev–Trinajstić information content (AvgIpc) is 2.26. The van der Waals surface area contributed by atoms with Gasteiger partial charge in [0.05, 0.1) is 17.1 Å². The molecule has 0 N–H and O–H groups in total. The Kier molecular flexibility index (Phi) is 3.96. The second-order valence-corrected chi connectivity index (χ2v) is 3.11. The van der Waals surface area contributed by atoms with E-state index in [1.807, 2.05) is 0 Å². The van der Waals surface area contributed by atoms with Gasteiger partial charge in [-0.15, -0.1) is 0 Å². The predicted octanol–water partition coefficient (Wildman–Crippen LogP) is 1.83. The van der Waals surface area contributed by atoms with Gasteiger partial charge in [-0.05, 0) is 6.08 Å². The molecule has 0 radical (unpaired) electrons. The first-order valence-corrected chi connectivity index (χ1v) is 4.48. The maximum Gasteiger partial charge on any atom is 0.330 e. The maximum atomic E-state index is 10.8. The zero-order valence-electron chi connectivity index (χ0n) is 8.21. The summed E-state index contributed by atoms with van der Waals surface area (Å²) in [5, 5.41) is 10.8. The van der Waals surface area contributed by atoms with Crippen molar-refractivity contribution in [1.82, 2.24) is 4.98 Å². The van der Waals surface area contributed by atoms with Gasteiger partial charge in [-0.2, -0.15) is 0 Å². The zero-order valence-corrected chi connectivity index (χ0v) is 8.97. The molecule has 1 aromatic rings. The summed E-state index contributed by atoms with van der Waals surface area (Å²) in [5.74, 6) is -0.619. The Morgan fingerprint density at radius 1 is 1.69 bits per heavy atom. The summed E-state index contributed by atoms with van der Waals surface area (Å²) in [5.41, 5.74) is -0.229. The molecule has 1 heterocycles. The first-order valence-electron chi connectivity index (χ1n) is 4.10. The minimum Gasteiger partial charge on any atom is -0.466 e. The summed E-state index contributed by atoms with van der Waals surface area (Å²) in [7, 11) is 1.20. The number of rotatable bonds is 3. The quantitative estimate of drug-likeness (QED) is 0.349. The maximum absolute atomic E-state index is 10.8. The number of pyridine rings is 1. The Labute approximate surface area is 95.7 Å². The molecule has 0 bridgehead atoms. The van der Waals surface area contributed by atoms with E-state index in [2.05, 4.69) is 9.72 Å². The molecule has 16 heavy (non-hydrogen) atoms. The van der Waals surface area contributed by atoms with E-state index in [0.717, 1.165) is 12.1 Å². The first-order chi connectivity index (χ1) is 7.54. The van der Waals surface area contributed by atoms with Crippen LogP contribution >= 0.6 is 11.6 Å². The van der Waals surface area contributed by atoms with E-state index in [-0.39, 0.29) is 16.4 Å². The van der Waals surface area contributed by atoms with E-state index in [1.165, 1.54) is 19.4 Å². The number of aromatic nitrogens is 1. The highest BCUT2D eigenvalue weighted by atomic mass is 35.5. The van der Waals surface area contributed by atoms with Crippen LogP contribution in [-0.2, 0) is 9.53 Å². The molecule has 1 rings (SSSR count). The fraction of sp³-hybridized carbons (Fsp3) is 0.111. The lowest BCUT2D eigenvalue weighted by molar-refractivity contribution is -0.385. The van der Waals surface area contributed by atoms with Gasteiger partial charge >= 0.3 is 5.97 Å². The Bertz CT molecular complexity index is 459. The molecule has 6 nitrogen and oxygen atoms in total. The van der Waals surface area contributed by atoms with E-state index in [1.54, 1.807) is 0 Å². The smallest absolute Gasteiger partial charge is 0.330 e. The SMILES string of the molecule is COC(=O)C=Cc1ncc(Cl)cc1[N+](=O)[O-]. The molecule has 84 valence electrons. The number of nitrogens with zero attached hydrogens (tertiary/aromatic N) is 2. The number of carbonyl (C=O) groups excluding carboxylic acids is 1. The third-order valence-electron chi connectivity index (χ3n) is 1.64. The lowest BCUT2D eigenvalue weighted by atomic mass is 10.3. The number of hydrogen-bond donors (Lipinski definition) is 0. The minimum absolute atomic E-state index is 0.0415. The molecule has 0 saturated carbocycles. The average molecular weight is 243 g/mol. The van der Waals surface area contributed by atoms with Crippen molar-refractivity contribution in [2.45, 2.75) is 0 Å². The van der Waals surface area contributed by atoms with Gasteiger partial charge in [-0.25, -0.2) is 9.78 Å². The Morgan fingerprint density at radius 2 is 2.38 bits per heavy atom. The zero-order chi connectivity index (χ0) is 12.1. The Morgan fingerprint density at radius 3 is 2.94 bits per heavy atom. The van der Waals surface area contributed by atoms with Crippen LogP contribution in [0.1, 0.15) is 5.69 Å². The molecule has 1 aromatic heterocycles. The molecular formula is C9H7ClN2O4. The van der Waals surface area contributed by atoms with Gasteiger partial charge in [0.1, 0.15) is 5.69 Å². The summed E-state index contributed by atoms with van der Waals surface area (Å²) in [4.78, 5) is 24.6. The van der Waals surface area contributed by atoms with E-state index < -0.39 is 10.9 Å². The number of esters is 1. The van der Waals surface area contributed by atoms with E-state index >= 15 is 0 Å². The molecule has 0 unspecified atom stereocenters. The summed E-state index contributed by atoms with van der Waals surface area (Å²) < 4.78 is 4.35. The number of ether oxygens (including phenoxy) is 1.